The molecule has 0 radical (unpaired) electrons. The number of carbonyl (C=O) groups is 1. The summed E-state index contributed by atoms with van der Waals surface area (Å²) in [5.74, 6) is 0.0652. The highest BCUT2D eigenvalue weighted by Crippen LogP contribution is 2.27. The maximum Gasteiger partial charge on any atom is 0.344 e. The van der Waals surface area contributed by atoms with Crippen LogP contribution in [0.1, 0.15) is 39.2 Å². The molecular weight excluding hydrogens is 326 g/mol. The largest absolute Gasteiger partial charge is 0.344 e. The van der Waals surface area contributed by atoms with Gasteiger partial charge in [0, 0.05) is 19.3 Å². The van der Waals surface area contributed by atoms with Crippen molar-refractivity contribution in [2.24, 2.45) is 0 Å². The zero-order valence-corrected chi connectivity index (χ0v) is 15.2. The van der Waals surface area contributed by atoms with Crippen LogP contribution in [0.15, 0.2) is 46.5 Å². The second-order valence-corrected chi connectivity index (χ2v) is 7.61. The number of benzene rings is 1. The lowest BCUT2D eigenvalue weighted by molar-refractivity contribution is 0.201. The zero-order valence-electron chi connectivity index (χ0n) is 14.4. The molecule has 0 unspecified atom stereocenters. The highest BCUT2D eigenvalue weighted by molar-refractivity contribution is 7.91. The average molecular weight is 349 g/mol. The topological polar surface area (TPSA) is 72.3 Å². The van der Waals surface area contributed by atoms with Crippen molar-refractivity contribution >= 4 is 15.9 Å². The van der Waals surface area contributed by atoms with Crippen molar-refractivity contribution in [1.82, 2.24) is 14.7 Å². The normalized spacial score (nSPS) is 11.7. The van der Waals surface area contributed by atoms with Crippen LogP contribution in [0.5, 0.6) is 0 Å². The lowest BCUT2D eigenvalue weighted by atomic mass is 10.0. The first-order chi connectivity index (χ1) is 11.3. The lowest BCUT2D eigenvalue weighted by Crippen LogP contribution is -2.34. The molecule has 0 aliphatic rings. The van der Waals surface area contributed by atoms with Crippen LogP contribution in [0.25, 0.3) is 0 Å². The molecule has 0 bridgehead atoms. The third-order valence-corrected chi connectivity index (χ3v) is 5.62. The van der Waals surface area contributed by atoms with Crippen molar-refractivity contribution in [3.05, 3.63) is 42.1 Å². The van der Waals surface area contributed by atoms with Gasteiger partial charge in [-0.3, -0.25) is 0 Å². The standard InChI is InChI=1S/C17H23N3O3S/c1-5-19(6-2)17(21)20-12-11-16(18-20)24(22,23)15-10-8-7-9-14(15)13(3)4/h7-13H,5-6H2,1-4H3. The number of hydrogen-bond donors (Lipinski definition) is 0. The van der Waals surface area contributed by atoms with Gasteiger partial charge in [-0.1, -0.05) is 32.0 Å². The van der Waals surface area contributed by atoms with Crippen molar-refractivity contribution in [3.8, 4) is 0 Å². The van der Waals surface area contributed by atoms with Gasteiger partial charge in [-0.15, -0.1) is 0 Å². The second-order valence-electron chi connectivity index (χ2n) is 5.75. The Labute approximate surface area is 143 Å². The van der Waals surface area contributed by atoms with E-state index in [1.165, 1.54) is 12.3 Å². The van der Waals surface area contributed by atoms with Crippen molar-refractivity contribution in [2.45, 2.75) is 43.5 Å². The Hall–Kier alpha value is -2.15. The molecule has 1 aromatic heterocycles. The second kappa shape index (κ2) is 7.17. The Morgan fingerprint density at radius 1 is 1.17 bits per heavy atom. The average Bonchev–Trinajstić information content (AvgIpc) is 3.06. The SMILES string of the molecule is CCN(CC)C(=O)n1ccc(S(=O)(=O)c2ccccc2C(C)C)n1. The van der Waals surface area contributed by atoms with Crippen LogP contribution in [0.3, 0.4) is 0 Å². The third-order valence-electron chi connectivity index (χ3n) is 3.90. The molecule has 0 aliphatic heterocycles. The van der Waals surface area contributed by atoms with Crippen LogP contribution in [-0.4, -0.2) is 42.2 Å². The Balaban J connectivity index is 2.44. The molecule has 2 aromatic rings. The van der Waals surface area contributed by atoms with Crippen LogP contribution in [0.4, 0.5) is 4.79 Å². The van der Waals surface area contributed by atoms with Crippen molar-refractivity contribution < 1.29 is 13.2 Å². The minimum atomic E-state index is -3.77. The van der Waals surface area contributed by atoms with Gasteiger partial charge < -0.3 is 4.90 Å². The lowest BCUT2D eigenvalue weighted by Gasteiger charge is -2.17. The van der Waals surface area contributed by atoms with E-state index in [-0.39, 0.29) is 21.9 Å². The first kappa shape index (κ1) is 18.2. The zero-order chi connectivity index (χ0) is 17.9. The number of amides is 1. The molecule has 0 aliphatic carbocycles. The number of carbonyl (C=O) groups excluding carboxylic acids is 1. The molecule has 24 heavy (non-hydrogen) atoms. The molecule has 2 rings (SSSR count). The Bertz CT molecular complexity index is 821. The molecule has 130 valence electrons. The third kappa shape index (κ3) is 3.36. The molecule has 0 atom stereocenters. The first-order valence-corrected chi connectivity index (χ1v) is 9.50. The predicted octanol–water partition coefficient (Wildman–Crippen LogP) is 3.15. The molecule has 1 heterocycles. The summed E-state index contributed by atoms with van der Waals surface area (Å²) in [4.78, 5) is 14.1. The Morgan fingerprint density at radius 3 is 2.38 bits per heavy atom. The van der Waals surface area contributed by atoms with Crippen molar-refractivity contribution in [3.63, 3.8) is 0 Å². The maximum atomic E-state index is 12.9. The molecule has 0 saturated carbocycles. The fourth-order valence-corrected chi connectivity index (χ4v) is 4.04. The van der Waals surface area contributed by atoms with Crippen molar-refractivity contribution in [2.75, 3.05) is 13.1 Å². The highest BCUT2D eigenvalue weighted by atomic mass is 32.2. The van der Waals surface area contributed by atoms with E-state index < -0.39 is 9.84 Å². The van der Waals surface area contributed by atoms with Gasteiger partial charge in [-0.2, -0.15) is 9.78 Å². The summed E-state index contributed by atoms with van der Waals surface area (Å²) >= 11 is 0. The van der Waals surface area contributed by atoms with Gasteiger partial charge in [0.2, 0.25) is 9.84 Å². The monoisotopic (exact) mass is 349 g/mol. The van der Waals surface area contributed by atoms with E-state index in [1.807, 2.05) is 33.8 Å². The number of sulfone groups is 1. The summed E-state index contributed by atoms with van der Waals surface area (Å²) in [6.07, 6.45) is 1.39. The van der Waals surface area contributed by atoms with E-state index >= 15 is 0 Å². The van der Waals surface area contributed by atoms with E-state index in [0.29, 0.717) is 13.1 Å². The predicted molar refractivity (Wildman–Crippen MR) is 91.9 cm³/mol. The molecule has 1 amide bonds. The van der Waals surface area contributed by atoms with Gasteiger partial charge in [0.25, 0.3) is 0 Å². The summed E-state index contributed by atoms with van der Waals surface area (Å²) < 4.78 is 26.9. The summed E-state index contributed by atoms with van der Waals surface area (Å²) in [7, 11) is -3.77. The summed E-state index contributed by atoms with van der Waals surface area (Å²) in [5, 5.41) is 3.90. The van der Waals surface area contributed by atoms with E-state index in [1.54, 1.807) is 23.1 Å². The quantitative estimate of drug-likeness (QED) is 0.831. The van der Waals surface area contributed by atoms with Gasteiger partial charge >= 0.3 is 6.03 Å². The van der Waals surface area contributed by atoms with Crippen LogP contribution in [-0.2, 0) is 9.84 Å². The summed E-state index contributed by atoms with van der Waals surface area (Å²) in [5.41, 5.74) is 0.738. The molecule has 0 fully saturated rings. The summed E-state index contributed by atoms with van der Waals surface area (Å²) in [6.45, 7) is 8.68. The number of hydrogen-bond acceptors (Lipinski definition) is 4. The van der Waals surface area contributed by atoms with E-state index in [9.17, 15) is 13.2 Å². The summed E-state index contributed by atoms with van der Waals surface area (Å²) in [6, 6.07) is 7.92. The number of rotatable bonds is 5. The van der Waals surface area contributed by atoms with Crippen LogP contribution in [0.2, 0.25) is 0 Å². The smallest absolute Gasteiger partial charge is 0.323 e. The molecule has 7 heteroatoms. The molecule has 6 nitrogen and oxygen atoms in total. The molecule has 0 saturated heterocycles. The Kier molecular flexibility index (Phi) is 5.43. The molecule has 1 aromatic carbocycles. The molecule has 0 N–H and O–H groups in total. The minimum absolute atomic E-state index is 0.0652. The maximum absolute atomic E-state index is 12.9. The minimum Gasteiger partial charge on any atom is -0.323 e. The number of aromatic nitrogens is 2. The van der Waals surface area contributed by atoms with Gasteiger partial charge in [-0.25, -0.2) is 13.2 Å². The first-order valence-electron chi connectivity index (χ1n) is 8.01. The fourth-order valence-electron chi connectivity index (χ4n) is 2.51. The van der Waals surface area contributed by atoms with E-state index in [4.69, 9.17) is 0 Å². The highest BCUT2D eigenvalue weighted by Gasteiger charge is 2.26. The van der Waals surface area contributed by atoms with Crippen molar-refractivity contribution in [1.29, 1.82) is 0 Å². The van der Waals surface area contributed by atoms with E-state index in [0.717, 1.165) is 10.2 Å². The van der Waals surface area contributed by atoms with Crippen LogP contribution >= 0.6 is 0 Å². The Morgan fingerprint density at radius 2 is 1.79 bits per heavy atom. The van der Waals surface area contributed by atoms with Crippen LogP contribution < -0.4 is 0 Å². The fraction of sp³-hybridized carbons (Fsp3) is 0.412. The van der Waals surface area contributed by atoms with Crippen LogP contribution in [0, 0.1) is 0 Å². The van der Waals surface area contributed by atoms with Gasteiger partial charge in [-0.05, 0) is 37.5 Å². The molecule has 0 spiro atoms. The van der Waals surface area contributed by atoms with Gasteiger partial charge in [0.15, 0.2) is 5.03 Å². The molecular formula is C17H23N3O3S. The van der Waals surface area contributed by atoms with Gasteiger partial charge in [0.1, 0.15) is 0 Å². The van der Waals surface area contributed by atoms with E-state index in [2.05, 4.69) is 5.10 Å². The number of nitrogens with zero attached hydrogens (tertiary/aromatic N) is 3. The van der Waals surface area contributed by atoms with Gasteiger partial charge in [0.05, 0.1) is 4.90 Å².